The van der Waals surface area contributed by atoms with Crippen molar-refractivity contribution < 1.29 is 22.3 Å². The van der Waals surface area contributed by atoms with Crippen LogP contribution >= 0.6 is 11.9 Å². The van der Waals surface area contributed by atoms with Gasteiger partial charge in [0.05, 0.1) is 0 Å². The maximum absolute atomic E-state index is 13.6. The van der Waals surface area contributed by atoms with Gasteiger partial charge >= 0.3 is 6.36 Å². The molecule has 8 heteroatoms. The predicted molar refractivity (Wildman–Crippen MR) is 77.7 cm³/mol. The molecule has 0 saturated carbocycles. The molecule has 0 bridgehead atoms. The van der Waals surface area contributed by atoms with Crippen molar-refractivity contribution in [3.63, 3.8) is 0 Å². The van der Waals surface area contributed by atoms with E-state index in [1.165, 1.54) is 6.07 Å². The Kier molecular flexibility index (Phi) is 5.71. The first-order valence-electron chi connectivity index (χ1n) is 6.66. The first-order chi connectivity index (χ1) is 10.4. The molecule has 0 amide bonds. The highest BCUT2D eigenvalue weighted by molar-refractivity contribution is 7.99. The molecule has 122 valence electrons. The molecule has 0 radical (unpaired) electrons. The summed E-state index contributed by atoms with van der Waals surface area (Å²) in [6.07, 6.45) is -4.89. The summed E-state index contributed by atoms with van der Waals surface area (Å²) in [5, 5.41) is 1.77. The monoisotopic (exact) mass is 336 g/mol. The number of rotatable bonds is 5. The first-order valence-corrected chi connectivity index (χ1v) is 7.50. The Morgan fingerprint density at radius 3 is 2.45 bits per heavy atom. The highest BCUT2D eigenvalue weighted by Gasteiger charge is 2.32. The van der Waals surface area contributed by atoms with Crippen LogP contribution in [0.3, 0.4) is 0 Å². The van der Waals surface area contributed by atoms with Crippen molar-refractivity contribution >= 4 is 11.9 Å². The Bertz CT molecular complexity index is 516. The Morgan fingerprint density at radius 2 is 1.91 bits per heavy atom. The van der Waals surface area contributed by atoms with Gasteiger partial charge in [0.25, 0.3) is 0 Å². The lowest BCUT2D eigenvalue weighted by Crippen LogP contribution is -2.42. The standard InChI is InChI=1S/C14H16F4N2OS/c1-2-22-20-7-5-19(6-8-20)10-11-3-4-13(12(15)9-11)21-14(16,17)18/h2-4,9H,1,5-8,10H2. The van der Waals surface area contributed by atoms with Gasteiger partial charge in [-0.25, -0.2) is 8.70 Å². The summed E-state index contributed by atoms with van der Waals surface area (Å²) in [5.41, 5.74) is 0.622. The van der Waals surface area contributed by atoms with Gasteiger partial charge in [-0.05, 0) is 23.1 Å². The summed E-state index contributed by atoms with van der Waals surface area (Å²) in [6, 6.07) is 3.56. The molecule has 1 saturated heterocycles. The molecule has 0 aliphatic carbocycles. The zero-order chi connectivity index (χ0) is 16.2. The molecule has 0 unspecified atom stereocenters. The molecule has 2 rings (SSSR count). The van der Waals surface area contributed by atoms with Crippen LogP contribution in [0.1, 0.15) is 5.56 Å². The van der Waals surface area contributed by atoms with E-state index in [-0.39, 0.29) is 0 Å². The third-order valence-electron chi connectivity index (χ3n) is 3.18. The predicted octanol–water partition coefficient (Wildman–Crippen LogP) is 3.63. The fourth-order valence-corrected chi connectivity index (χ4v) is 2.79. The second-order valence-electron chi connectivity index (χ2n) is 4.79. The average molecular weight is 336 g/mol. The fraction of sp³-hybridized carbons (Fsp3) is 0.429. The second-order valence-corrected chi connectivity index (χ2v) is 5.85. The molecule has 3 nitrogen and oxygen atoms in total. The SMILES string of the molecule is C=CSN1CCN(Cc2ccc(OC(F)(F)F)c(F)c2)CC1. The molecule has 1 aromatic rings. The summed E-state index contributed by atoms with van der Waals surface area (Å²) in [6.45, 7) is 7.48. The Hall–Kier alpha value is -1.25. The van der Waals surface area contributed by atoms with E-state index in [4.69, 9.17) is 0 Å². The summed E-state index contributed by atoms with van der Waals surface area (Å²) in [5.74, 6) is -1.81. The Balaban J connectivity index is 1.91. The van der Waals surface area contributed by atoms with Crippen LogP contribution in [0.2, 0.25) is 0 Å². The van der Waals surface area contributed by atoms with E-state index < -0.39 is 17.9 Å². The zero-order valence-corrected chi connectivity index (χ0v) is 12.6. The van der Waals surface area contributed by atoms with E-state index >= 15 is 0 Å². The lowest BCUT2D eigenvalue weighted by Gasteiger charge is -2.33. The van der Waals surface area contributed by atoms with Crippen molar-refractivity contribution in [3.8, 4) is 5.75 Å². The van der Waals surface area contributed by atoms with Crippen molar-refractivity contribution in [1.82, 2.24) is 9.21 Å². The lowest BCUT2D eigenvalue weighted by atomic mass is 10.2. The van der Waals surface area contributed by atoms with Crippen LogP contribution in [0, 0.1) is 5.82 Å². The summed E-state index contributed by atoms with van der Waals surface area (Å²) >= 11 is 1.56. The van der Waals surface area contributed by atoms with Crippen molar-refractivity contribution in [3.05, 3.63) is 41.6 Å². The van der Waals surface area contributed by atoms with Crippen LogP contribution in [0.5, 0.6) is 5.75 Å². The smallest absolute Gasteiger partial charge is 0.403 e. The lowest BCUT2D eigenvalue weighted by molar-refractivity contribution is -0.275. The minimum Gasteiger partial charge on any atom is -0.403 e. The second kappa shape index (κ2) is 7.34. The Labute approximate surface area is 130 Å². The molecule has 0 atom stereocenters. The van der Waals surface area contributed by atoms with E-state index in [9.17, 15) is 17.6 Å². The quantitative estimate of drug-likeness (QED) is 0.602. The first kappa shape index (κ1) is 17.1. The largest absolute Gasteiger partial charge is 0.573 e. The minimum atomic E-state index is -4.89. The molecular weight excluding hydrogens is 320 g/mol. The number of nitrogens with zero attached hydrogens (tertiary/aromatic N) is 2. The van der Waals surface area contributed by atoms with Crippen molar-refractivity contribution in [2.24, 2.45) is 0 Å². The Morgan fingerprint density at radius 1 is 1.23 bits per heavy atom. The topological polar surface area (TPSA) is 15.7 Å². The highest BCUT2D eigenvalue weighted by atomic mass is 32.2. The van der Waals surface area contributed by atoms with Crippen LogP contribution in [0.25, 0.3) is 0 Å². The van der Waals surface area contributed by atoms with Gasteiger partial charge in [0.2, 0.25) is 0 Å². The fourth-order valence-electron chi connectivity index (χ4n) is 2.21. The molecule has 1 heterocycles. The summed E-state index contributed by atoms with van der Waals surface area (Å²) in [4.78, 5) is 2.12. The van der Waals surface area contributed by atoms with Gasteiger partial charge in [-0.1, -0.05) is 24.6 Å². The van der Waals surface area contributed by atoms with Crippen molar-refractivity contribution in [2.45, 2.75) is 12.9 Å². The summed E-state index contributed by atoms with van der Waals surface area (Å²) in [7, 11) is 0. The van der Waals surface area contributed by atoms with Crippen LogP contribution in [-0.2, 0) is 6.54 Å². The van der Waals surface area contributed by atoms with Gasteiger partial charge in [-0.2, -0.15) is 0 Å². The molecule has 1 aliphatic rings. The molecule has 0 N–H and O–H groups in total. The number of hydrogen-bond donors (Lipinski definition) is 0. The van der Waals surface area contributed by atoms with Gasteiger partial charge < -0.3 is 4.74 Å². The van der Waals surface area contributed by atoms with Crippen molar-refractivity contribution in [1.29, 1.82) is 0 Å². The number of ether oxygens (including phenoxy) is 1. The third kappa shape index (κ3) is 5.19. The van der Waals surface area contributed by atoms with Gasteiger partial charge in [-0.15, -0.1) is 13.2 Å². The number of alkyl halides is 3. The molecule has 1 aliphatic heterocycles. The number of halogens is 4. The number of piperazine rings is 1. The van der Waals surface area contributed by atoms with E-state index in [2.05, 4.69) is 20.5 Å². The molecule has 1 aromatic carbocycles. The molecule has 22 heavy (non-hydrogen) atoms. The molecular formula is C14H16F4N2OS. The van der Waals surface area contributed by atoms with E-state index in [1.807, 2.05) is 0 Å². The van der Waals surface area contributed by atoms with E-state index in [1.54, 1.807) is 17.4 Å². The molecule has 1 fully saturated rings. The van der Waals surface area contributed by atoms with Crippen LogP contribution < -0.4 is 4.74 Å². The van der Waals surface area contributed by atoms with E-state index in [0.29, 0.717) is 12.1 Å². The van der Waals surface area contributed by atoms with Gasteiger partial charge in [0, 0.05) is 32.7 Å². The van der Waals surface area contributed by atoms with Gasteiger partial charge in [-0.3, -0.25) is 4.90 Å². The van der Waals surface area contributed by atoms with Crippen molar-refractivity contribution in [2.75, 3.05) is 26.2 Å². The van der Waals surface area contributed by atoms with Gasteiger partial charge in [0.1, 0.15) is 0 Å². The van der Waals surface area contributed by atoms with E-state index in [0.717, 1.165) is 38.3 Å². The zero-order valence-electron chi connectivity index (χ0n) is 11.8. The normalized spacial score (nSPS) is 17.5. The number of hydrogen-bond acceptors (Lipinski definition) is 4. The van der Waals surface area contributed by atoms with Crippen LogP contribution in [0.4, 0.5) is 17.6 Å². The molecule has 0 aromatic heterocycles. The molecule has 0 spiro atoms. The highest BCUT2D eigenvalue weighted by Crippen LogP contribution is 2.26. The third-order valence-corrected chi connectivity index (χ3v) is 4.00. The average Bonchev–Trinajstić information content (AvgIpc) is 2.43. The van der Waals surface area contributed by atoms with Gasteiger partial charge in [0.15, 0.2) is 11.6 Å². The minimum absolute atomic E-state index is 0.496. The maximum Gasteiger partial charge on any atom is 0.573 e. The van der Waals surface area contributed by atoms with Crippen LogP contribution in [0.15, 0.2) is 30.2 Å². The number of benzene rings is 1. The maximum atomic E-state index is 13.6. The summed E-state index contributed by atoms with van der Waals surface area (Å²) < 4.78 is 55.7. The van der Waals surface area contributed by atoms with Crippen LogP contribution in [-0.4, -0.2) is 41.7 Å².